The van der Waals surface area contributed by atoms with E-state index in [2.05, 4.69) is 34.3 Å². The summed E-state index contributed by atoms with van der Waals surface area (Å²) in [6, 6.07) is 0. The van der Waals surface area contributed by atoms with Crippen molar-refractivity contribution in [1.29, 1.82) is 0 Å². The first-order chi connectivity index (χ1) is 10.1. The average molecular weight is 304 g/mol. The van der Waals surface area contributed by atoms with E-state index in [1.165, 1.54) is 32.1 Å². The lowest BCUT2D eigenvalue weighted by atomic mass is 9.51. The van der Waals surface area contributed by atoms with Crippen LogP contribution in [0.15, 0.2) is 12.2 Å². The first-order valence-corrected chi connectivity index (χ1v) is 9.02. The summed E-state index contributed by atoms with van der Waals surface area (Å²) in [7, 11) is 0. The van der Waals surface area contributed by atoms with E-state index in [-0.39, 0.29) is 17.0 Å². The Morgan fingerprint density at radius 1 is 1.05 bits per heavy atom. The van der Waals surface area contributed by atoms with Crippen LogP contribution in [0.25, 0.3) is 0 Å². The molecule has 0 aliphatic heterocycles. The molecule has 0 saturated heterocycles. The van der Waals surface area contributed by atoms with Crippen LogP contribution in [0.5, 0.6) is 0 Å². The van der Waals surface area contributed by atoms with Crippen LogP contribution in [0.4, 0.5) is 0 Å². The lowest BCUT2D eigenvalue weighted by Crippen LogP contribution is -2.51. The highest BCUT2D eigenvalue weighted by molar-refractivity contribution is 5.87. The number of carbonyl (C=O) groups excluding carboxylic acids is 1. The Kier molecular flexibility index (Phi) is 3.55. The van der Waals surface area contributed by atoms with Gasteiger partial charge >= 0.3 is 5.97 Å². The molecule has 0 N–H and O–H groups in total. The molecule has 1 spiro atoms. The largest absolute Gasteiger partial charge is 0.456 e. The SMILES string of the molecule is C=C(C)C(=O)OC1(C)CCC23CCC1C(C)(C)C2CCC3C. The van der Waals surface area contributed by atoms with Crippen molar-refractivity contribution < 1.29 is 9.53 Å². The van der Waals surface area contributed by atoms with Gasteiger partial charge in [0.1, 0.15) is 5.60 Å². The fraction of sp³-hybridized carbons (Fsp3) is 0.850. The topological polar surface area (TPSA) is 26.3 Å². The zero-order valence-corrected chi connectivity index (χ0v) is 15.0. The fourth-order valence-corrected chi connectivity index (χ4v) is 6.61. The van der Waals surface area contributed by atoms with Gasteiger partial charge in [0.2, 0.25) is 0 Å². The molecule has 0 aromatic rings. The molecule has 4 aliphatic carbocycles. The van der Waals surface area contributed by atoms with Crippen LogP contribution < -0.4 is 0 Å². The Morgan fingerprint density at radius 3 is 2.36 bits per heavy atom. The summed E-state index contributed by atoms with van der Waals surface area (Å²) in [5.74, 6) is 1.87. The Hall–Kier alpha value is -0.790. The number of hydrogen-bond acceptors (Lipinski definition) is 2. The number of ether oxygens (including phenoxy) is 1. The molecule has 2 bridgehead atoms. The zero-order valence-electron chi connectivity index (χ0n) is 15.0. The van der Waals surface area contributed by atoms with Crippen molar-refractivity contribution >= 4 is 5.97 Å². The van der Waals surface area contributed by atoms with Crippen molar-refractivity contribution in [2.45, 2.75) is 78.7 Å². The highest BCUT2D eigenvalue weighted by Crippen LogP contribution is 2.70. The molecule has 4 saturated carbocycles. The predicted octanol–water partition coefficient (Wildman–Crippen LogP) is 5.13. The number of esters is 1. The smallest absolute Gasteiger partial charge is 0.333 e. The number of carbonyl (C=O) groups is 1. The maximum Gasteiger partial charge on any atom is 0.333 e. The zero-order chi connectivity index (χ0) is 16.3. The second-order valence-electron chi connectivity index (χ2n) is 9.16. The Labute approximate surface area is 135 Å². The van der Waals surface area contributed by atoms with Crippen molar-refractivity contribution in [2.24, 2.45) is 28.6 Å². The Morgan fingerprint density at radius 2 is 1.73 bits per heavy atom. The van der Waals surface area contributed by atoms with Gasteiger partial charge < -0.3 is 4.74 Å². The molecule has 22 heavy (non-hydrogen) atoms. The number of fused-ring (bicyclic) bond motifs is 3. The molecular formula is C20H32O2. The van der Waals surface area contributed by atoms with Crippen LogP contribution in [-0.4, -0.2) is 11.6 Å². The molecule has 4 aliphatic rings. The van der Waals surface area contributed by atoms with E-state index in [9.17, 15) is 4.79 Å². The Bertz CT molecular complexity index is 506. The molecule has 5 unspecified atom stereocenters. The highest BCUT2D eigenvalue weighted by atomic mass is 16.6. The van der Waals surface area contributed by atoms with Gasteiger partial charge in [0.25, 0.3) is 0 Å². The van der Waals surface area contributed by atoms with Gasteiger partial charge in [0.15, 0.2) is 0 Å². The van der Waals surface area contributed by atoms with E-state index in [0.29, 0.717) is 16.9 Å². The van der Waals surface area contributed by atoms with Gasteiger partial charge in [-0.3, -0.25) is 0 Å². The van der Waals surface area contributed by atoms with Gasteiger partial charge in [-0.25, -0.2) is 4.79 Å². The van der Waals surface area contributed by atoms with E-state index in [4.69, 9.17) is 4.74 Å². The molecule has 5 atom stereocenters. The van der Waals surface area contributed by atoms with Crippen LogP contribution >= 0.6 is 0 Å². The summed E-state index contributed by atoms with van der Waals surface area (Å²) >= 11 is 0. The van der Waals surface area contributed by atoms with Crippen molar-refractivity contribution in [2.75, 3.05) is 0 Å². The number of rotatable bonds is 2. The minimum atomic E-state index is -0.326. The van der Waals surface area contributed by atoms with E-state index in [1.807, 2.05) is 0 Å². The third-order valence-corrected chi connectivity index (χ3v) is 7.76. The van der Waals surface area contributed by atoms with E-state index < -0.39 is 0 Å². The van der Waals surface area contributed by atoms with Crippen LogP contribution in [-0.2, 0) is 9.53 Å². The monoisotopic (exact) mass is 304 g/mol. The summed E-state index contributed by atoms with van der Waals surface area (Å²) < 4.78 is 6.04. The molecule has 2 heteroatoms. The predicted molar refractivity (Wildman–Crippen MR) is 89.4 cm³/mol. The summed E-state index contributed by atoms with van der Waals surface area (Å²) in [4.78, 5) is 12.2. The van der Waals surface area contributed by atoms with Gasteiger partial charge in [-0.2, -0.15) is 0 Å². The van der Waals surface area contributed by atoms with Crippen molar-refractivity contribution in [3.8, 4) is 0 Å². The fourth-order valence-electron chi connectivity index (χ4n) is 6.61. The molecular weight excluding hydrogens is 272 g/mol. The average Bonchev–Trinajstić information content (AvgIpc) is 2.63. The first kappa shape index (κ1) is 16.1. The molecule has 0 aromatic heterocycles. The lowest BCUT2D eigenvalue weighted by Gasteiger charge is -2.54. The second kappa shape index (κ2) is 4.85. The minimum absolute atomic E-state index is 0.209. The van der Waals surface area contributed by atoms with Gasteiger partial charge in [-0.15, -0.1) is 0 Å². The van der Waals surface area contributed by atoms with Crippen LogP contribution in [0.2, 0.25) is 0 Å². The summed E-state index contributed by atoms with van der Waals surface area (Å²) in [5, 5.41) is 0. The molecule has 2 nitrogen and oxygen atoms in total. The molecule has 124 valence electrons. The van der Waals surface area contributed by atoms with Gasteiger partial charge in [0.05, 0.1) is 0 Å². The third-order valence-electron chi connectivity index (χ3n) is 7.76. The Balaban J connectivity index is 1.98. The van der Waals surface area contributed by atoms with Gasteiger partial charge in [-0.1, -0.05) is 27.4 Å². The lowest BCUT2D eigenvalue weighted by molar-refractivity contribution is -0.169. The summed E-state index contributed by atoms with van der Waals surface area (Å²) in [6.45, 7) is 15.0. The van der Waals surface area contributed by atoms with E-state index in [1.54, 1.807) is 6.92 Å². The third kappa shape index (κ3) is 2.02. The summed E-state index contributed by atoms with van der Waals surface area (Å²) in [6.07, 6.45) is 7.50. The van der Waals surface area contributed by atoms with Crippen LogP contribution in [0, 0.1) is 28.6 Å². The van der Waals surface area contributed by atoms with Crippen molar-refractivity contribution in [3.63, 3.8) is 0 Å². The van der Waals surface area contributed by atoms with Gasteiger partial charge in [-0.05, 0) is 75.0 Å². The molecule has 0 amide bonds. The van der Waals surface area contributed by atoms with Crippen molar-refractivity contribution in [1.82, 2.24) is 0 Å². The molecule has 4 fully saturated rings. The first-order valence-electron chi connectivity index (χ1n) is 9.02. The molecule has 4 rings (SSSR count). The molecule has 0 radical (unpaired) electrons. The van der Waals surface area contributed by atoms with Gasteiger partial charge in [0, 0.05) is 11.5 Å². The van der Waals surface area contributed by atoms with Crippen LogP contribution in [0.1, 0.15) is 73.1 Å². The van der Waals surface area contributed by atoms with Crippen molar-refractivity contribution in [3.05, 3.63) is 12.2 Å². The second-order valence-corrected chi connectivity index (χ2v) is 9.16. The quantitative estimate of drug-likeness (QED) is 0.522. The van der Waals surface area contributed by atoms with Crippen LogP contribution in [0.3, 0.4) is 0 Å². The van der Waals surface area contributed by atoms with E-state index >= 15 is 0 Å². The standard InChI is InChI=1S/C20H32O2/c1-13(2)17(21)22-19(6)11-12-20-10-9-15(19)18(4,5)16(20)8-7-14(20)3/h14-16H,1,7-12H2,2-6H3. The summed E-state index contributed by atoms with van der Waals surface area (Å²) in [5.41, 5.74) is 0.939. The highest BCUT2D eigenvalue weighted by Gasteiger charge is 2.64. The minimum Gasteiger partial charge on any atom is -0.456 e. The number of hydrogen-bond donors (Lipinski definition) is 0. The maximum atomic E-state index is 12.2. The molecule has 0 heterocycles. The maximum absolute atomic E-state index is 12.2. The normalized spacial score (nSPS) is 46.0. The molecule has 0 aromatic carbocycles. The van der Waals surface area contributed by atoms with E-state index in [0.717, 1.165) is 18.3 Å².